The van der Waals surface area contributed by atoms with Crippen molar-refractivity contribution in [2.24, 2.45) is 17.8 Å². The molecule has 4 heterocycles. The monoisotopic (exact) mass is 340 g/mol. The van der Waals surface area contributed by atoms with Gasteiger partial charge in [0.1, 0.15) is 0 Å². The van der Waals surface area contributed by atoms with E-state index in [4.69, 9.17) is 0 Å². The lowest BCUT2D eigenvalue weighted by Crippen LogP contribution is -2.43. The van der Waals surface area contributed by atoms with Crippen LogP contribution in [0.5, 0.6) is 0 Å². The van der Waals surface area contributed by atoms with Crippen LogP contribution in [0.3, 0.4) is 0 Å². The Morgan fingerprint density at radius 3 is 2.68 bits per heavy atom. The number of carbonyl (C=O) groups excluding carboxylic acids is 1. The summed E-state index contributed by atoms with van der Waals surface area (Å²) >= 11 is 0. The molecule has 4 aliphatic rings. The zero-order chi connectivity index (χ0) is 17.1. The molecule has 4 fully saturated rings. The van der Waals surface area contributed by atoms with Crippen LogP contribution in [-0.4, -0.2) is 38.0 Å². The second kappa shape index (κ2) is 5.44. The number of hydrogen-bond acceptors (Lipinski definition) is 3. The first-order chi connectivity index (χ1) is 12.1. The highest BCUT2D eigenvalue weighted by atomic mass is 16.2. The van der Waals surface area contributed by atoms with E-state index in [2.05, 4.69) is 15.0 Å². The van der Waals surface area contributed by atoms with Crippen LogP contribution in [0.2, 0.25) is 0 Å². The summed E-state index contributed by atoms with van der Waals surface area (Å²) in [4.78, 5) is 32.4. The van der Waals surface area contributed by atoms with Gasteiger partial charge in [-0.3, -0.25) is 14.7 Å². The highest BCUT2D eigenvalue weighted by Gasteiger charge is 2.44. The van der Waals surface area contributed by atoms with E-state index in [1.54, 1.807) is 12.3 Å². The highest BCUT2D eigenvalue weighted by molar-refractivity contribution is 5.79. The molecule has 2 unspecified atom stereocenters. The van der Waals surface area contributed by atoms with Gasteiger partial charge in [0.05, 0.1) is 6.42 Å². The first-order valence-electron chi connectivity index (χ1n) is 9.43. The van der Waals surface area contributed by atoms with E-state index in [0.717, 1.165) is 31.2 Å². The van der Waals surface area contributed by atoms with Crippen molar-refractivity contribution in [2.75, 3.05) is 6.54 Å². The summed E-state index contributed by atoms with van der Waals surface area (Å²) in [5, 5.41) is 2.88. The number of carbonyl (C=O) groups is 1. The number of H-pyrrole nitrogens is 1. The Kier molecular flexibility index (Phi) is 3.30. The molecule has 0 spiro atoms. The van der Waals surface area contributed by atoms with Gasteiger partial charge in [-0.15, -0.1) is 0 Å². The third-order valence-corrected chi connectivity index (χ3v) is 6.60. The van der Waals surface area contributed by atoms with E-state index in [0.29, 0.717) is 28.9 Å². The topological polar surface area (TPSA) is 70.5 Å². The Labute approximate surface area is 146 Å². The molecule has 6 nitrogen and oxygen atoms in total. The summed E-state index contributed by atoms with van der Waals surface area (Å²) in [6, 6.07) is 2.15. The fraction of sp³-hybridized carbons (Fsp3) is 0.632. The Hall–Kier alpha value is -2.11. The zero-order valence-corrected chi connectivity index (χ0v) is 14.6. The molecule has 2 saturated heterocycles. The number of aromatic amines is 1. The molecule has 132 valence electrons. The Morgan fingerprint density at radius 2 is 1.92 bits per heavy atom. The standard InChI is InChI=1S/C19H24N4O2/c1-11-16(19(25)23-17(21-11)2-3-20-23)9-18(24)22-10-14-5-12-4-13(6-14)8-15(22)7-12/h2-3,12-15,20H,4-10H2,1H3/t12-,13+,14?,15?. The van der Waals surface area contributed by atoms with Gasteiger partial charge in [0, 0.05) is 36.1 Å². The number of aryl methyl sites for hydroxylation is 1. The third-order valence-electron chi connectivity index (χ3n) is 6.60. The Morgan fingerprint density at radius 1 is 1.20 bits per heavy atom. The summed E-state index contributed by atoms with van der Waals surface area (Å²) in [7, 11) is 0. The lowest BCUT2D eigenvalue weighted by atomic mass is 9.68. The van der Waals surface area contributed by atoms with Gasteiger partial charge in [0.25, 0.3) is 5.56 Å². The van der Waals surface area contributed by atoms with Crippen molar-refractivity contribution in [1.29, 1.82) is 0 Å². The van der Waals surface area contributed by atoms with E-state index in [-0.39, 0.29) is 17.9 Å². The van der Waals surface area contributed by atoms with E-state index in [1.165, 1.54) is 23.8 Å². The van der Waals surface area contributed by atoms with Crippen LogP contribution in [0.25, 0.3) is 5.65 Å². The van der Waals surface area contributed by atoms with Crippen LogP contribution in [0, 0.1) is 24.7 Å². The lowest BCUT2D eigenvalue weighted by molar-refractivity contribution is -0.133. The molecule has 2 saturated carbocycles. The molecule has 0 radical (unpaired) electrons. The molecule has 25 heavy (non-hydrogen) atoms. The quantitative estimate of drug-likeness (QED) is 0.908. The molecule has 4 atom stereocenters. The molecule has 2 aliphatic carbocycles. The predicted octanol–water partition coefficient (Wildman–Crippen LogP) is 1.91. The fourth-order valence-corrected chi connectivity index (χ4v) is 5.65. The molecule has 2 aliphatic heterocycles. The van der Waals surface area contributed by atoms with E-state index >= 15 is 0 Å². The number of nitrogens with zero attached hydrogens (tertiary/aromatic N) is 3. The number of nitrogens with one attached hydrogen (secondary N) is 1. The van der Waals surface area contributed by atoms with E-state index in [1.807, 2.05) is 6.92 Å². The maximum Gasteiger partial charge on any atom is 0.276 e. The normalized spacial score (nSPS) is 30.8. The number of amides is 1. The second-order valence-corrected chi connectivity index (χ2v) is 8.29. The van der Waals surface area contributed by atoms with Crippen LogP contribution in [0.4, 0.5) is 0 Å². The van der Waals surface area contributed by atoms with Gasteiger partial charge in [0.2, 0.25) is 5.91 Å². The molecule has 0 aromatic carbocycles. The van der Waals surface area contributed by atoms with Gasteiger partial charge in [-0.05, 0) is 56.8 Å². The summed E-state index contributed by atoms with van der Waals surface area (Å²) in [5.41, 5.74) is 1.64. The predicted molar refractivity (Wildman–Crippen MR) is 93.3 cm³/mol. The molecule has 1 amide bonds. The second-order valence-electron chi connectivity index (χ2n) is 8.29. The van der Waals surface area contributed by atoms with Crippen LogP contribution in [0.1, 0.15) is 43.4 Å². The first-order valence-corrected chi connectivity index (χ1v) is 9.43. The van der Waals surface area contributed by atoms with Gasteiger partial charge in [-0.2, -0.15) is 0 Å². The average Bonchev–Trinajstić information content (AvgIpc) is 2.94. The zero-order valence-electron chi connectivity index (χ0n) is 14.6. The van der Waals surface area contributed by atoms with E-state index < -0.39 is 0 Å². The summed E-state index contributed by atoms with van der Waals surface area (Å²) < 4.78 is 1.42. The highest BCUT2D eigenvalue weighted by Crippen LogP contribution is 2.47. The summed E-state index contributed by atoms with van der Waals surface area (Å²) in [5.74, 6) is 2.38. The maximum atomic E-state index is 13.1. The minimum atomic E-state index is -0.151. The first kappa shape index (κ1) is 15.2. The Bertz CT molecular complexity index is 884. The van der Waals surface area contributed by atoms with Crippen LogP contribution < -0.4 is 5.56 Å². The van der Waals surface area contributed by atoms with Crippen molar-refractivity contribution in [3.63, 3.8) is 0 Å². The van der Waals surface area contributed by atoms with Crippen LogP contribution in [-0.2, 0) is 11.2 Å². The molecule has 2 aromatic rings. The largest absolute Gasteiger partial charge is 0.339 e. The van der Waals surface area contributed by atoms with Crippen LogP contribution in [0.15, 0.2) is 17.1 Å². The molecule has 4 bridgehead atoms. The van der Waals surface area contributed by atoms with Gasteiger partial charge in [-0.25, -0.2) is 9.50 Å². The van der Waals surface area contributed by atoms with Crippen molar-refractivity contribution < 1.29 is 4.79 Å². The van der Waals surface area contributed by atoms with Crippen molar-refractivity contribution in [3.8, 4) is 0 Å². The minimum absolute atomic E-state index is 0.103. The molecule has 1 N–H and O–H groups in total. The summed E-state index contributed by atoms with van der Waals surface area (Å²) in [6.45, 7) is 2.71. The van der Waals surface area contributed by atoms with Gasteiger partial charge in [0.15, 0.2) is 5.65 Å². The van der Waals surface area contributed by atoms with Crippen molar-refractivity contribution in [2.45, 2.75) is 51.5 Å². The van der Waals surface area contributed by atoms with Crippen molar-refractivity contribution >= 4 is 11.6 Å². The Balaban J connectivity index is 1.45. The number of fused-ring (bicyclic) bond motifs is 2. The lowest BCUT2D eigenvalue weighted by Gasteiger charge is -2.39. The smallest absolute Gasteiger partial charge is 0.276 e. The van der Waals surface area contributed by atoms with Crippen molar-refractivity contribution in [3.05, 3.63) is 33.9 Å². The maximum absolute atomic E-state index is 13.1. The van der Waals surface area contributed by atoms with E-state index in [9.17, 15) is 9.59 Å². The number of aromatic nitrogens is 3. The minimum Gasteiger partial charge on any atom is -0.339 e. The summed E-state index contributed by atoms with van der Waals surface area (Å²) in [6.07, 6.45) is 8.11. The van der Waals surface area contributed by atoms with Gasteiger partial charge in [-0.1, -0.05) is 0 Å². The molecular formula is C19H24N4O2. The van der Waals surface area contributed by atoms with Crippen LogP contribution >= 0.6 is 0 Å². The fourth-order valence-electron chi connectivity index (χ4n) is 5.65. The average molecular weight is 340 g/mol. The molecule has 6 heteroatoms. The molecule has 6 rings (SSSR count). The van der Waals surface area contributed by atoms with Gasteiger partial charge >= 0.3 is 0 Å². The van der Waals surface area contributed by atoms with Gasteiger partial charge < -0.3 is 4.90 Å². The SMILES string of the molecule is Cc1nc2cc[nH]n2c(=O)c1CC(=O)N1CC2C[C@@H]3CC1C[C@H](C2)C3. The van der Waals surface area contributed by atoms with Crippen molar-refractivity contribution in [1.82, 2.24) is 19.5 Å². The molecular weight excluding hydrogens is 316 g/mol. The third kappa shape index (κ3) is 2.41. The number of hydrogen-bond donors (Lipinski definition) is 1. The number of rotatable bonds is 2. The molecule has 2 aromatic heterocycles.